The lowest BCUT2D eigenvalue weighted by Crippen LogP contribution is -2.34. The van der Waals surface area contributed by atoms with Gasteiger partial charge in [0.25, 0.3) is 0 Å². The molecule has 0 aliphatic carbocycles. The fourth-order valence-electron chi connectivity index (χ4n) is 3.63. The number of aryl methyl sites for hydroxylation is 1. The van der Waals surface area contributed by atoms with E-state index < -0.39 is 32.1 Å². The summed E-state index contributed by atoms with van der Waals surface area (Å²) < 4.78 is 56.7. The van der Waals surface area contributed by atoms with Crippen LogP contribution in [0.5, 0.6) is 5.75 Å². The Morgan fingerprint density at radius 2 is 1.79 bits per heavy atom. The summed E-state index contributed by atoms with van der Waals surface area (Å²) in [6.07, 6.45) is 7.33. The van der Waals surface area contributed by atoms with E-state index in [0.29, 0.717) is 5.69 Å². The average molecular weight is 495 g/mol. The van der Waals surface area contributed by atoms with Gasteiger partial charge in [-0.3, -0.25) is 0 Å². The van der Waals surface area contributed by atoms with E-state index >= 15 is 0 Å². The highest BCUT2D eigenvalue weighted by Gasteiger charge is 2.25. The molecular formula is C22H24F2N4O3S2. The van der Waals surface area contributed by atoms with Gasteiger partial charge >= 0.3 is 0 Å². The largest absolute Gasteiger partial charge is 0.481 e. The maximum absolute atomic E-state index is 14.2. The van der Waals surface area contributed by atoms with Gasteiger partial charge in [0.05, 0.1) is 15.6 Å². The standard InChI is InChI=1S/C22H24F2N4O3S2/c1-3-14-10-25-22(26-11-14)28-6-4-15(5-7-28)21-27-16(13-32-21)12-31-20-18(23)8-17(9-19(20)24)33(2,29)30/h8-11,13,15H,3-7,12H2,1-2H3. The smallest absolute Gasteiger partial charge is 0.225 e. The van der Waals surface area contributed by atoms with Gasteiger partial charge in [-0.1, -0.05) is 6.92 Å². The monoisotopic (exact) mass is 494 g/mol. The molecule has 176 valence electrons. The molecule has 0 radical (unpaired) electrons. The Kier molecular flexibility index (Phi) is 6.89. The lowest BCUT2D eigenvalue weighted by molar-refractivity contribution is 0.269. The minimum atomic E-state index is -3.72. The highest BCUT2D eigenvalue weighted by molar-refractivity contribution is 7.90. The van der Waals surface area contributed by atoms with Crippen molar-refractivity contribution in [2.75, 3.05) is 24.2 Å². The maximum atomic E-state index is 14.2. The number of piperidine rings is 1. The lowest BCUT2D eigenvalue weighted by Gasteiger charge is -2.31. The number of hydrogen-bond acceptors (Lipinski definition) is 8. The molecule has 0 atom stereocenters. The van der Waals surface area contributed by atoms with Crippen LogP contribution in [0.2, 0.25) is 0 Å². The average Bonchev–Trinajstić information content (AvgIpc) is 3.27. The van der Waals surface area contributed by atoms with Crippen LogP contribution in [-0.2, 0) is 22.9 Å². The van der Waals surface area contributed by atoms with Gasteiger partial charge in [-0.25, -0.2) is 32.2 Å². The first kappa shape index (κ1) is 23.5. The molecule has 1 aliphatic rings. The molecule has 0 spiro atoms. The van der Waals surface area contributed by atoms with Gasteiger partial charge in [0.2, 0.25) is 5.95 Å². The molecule has 0 saturated carbocycles. The van der Waals surface area contributed by atoms with Crippen LogP contribution in [0.15, 0.2) is 34.8 Å². The molecular weight excluding hydrogens is 470 g/mol. The van der Waals surface area contributed by atoms with Crippen molar-refractivity contribution in [1.82, 2.24) is 15.0 Å². The minimum Gasteiger partial charge on any atom is -0.481 e. The van der Waals surface area contributed by atoms with E-state index in [4.69, 9.17) is 4.74 Å². The third-order valence-electron chi connectivity index (χ3n) is 5.56. The Bertz CT molecular complexity index is 1200. The van der Waals surface area contributed by atoms with Crippen molar-refractivity contribution in [3.05, 3.63) is 57.8 Å². The Morgan fingerprint density at radius 3 is 2.36 bits per heavy atom. The molecule has 0 N–H and O–H groups in total. The van der Waals surface area contributed by atoms with Crippen molar-refractivity contribution < 1.29 is 21.9 Å². The van der Waals surface area contributed by atoms with Crippen LogP contribution in [0.25, 0.3) is 0 Å². The zero-order chi connectivity index (χ0) is 23.6. The Labute approximate surface area is 195 Å². The van der Waals surface area contributed by atoms with E-state index in [1.165, 1.54) is 11.3 Å². The quantitative estimate of drug-likeness (QED) is 0.488. The zero-order valence-corrected chi connectivity index (χ0v) is 19.9. The van der Waals surface area contributed by atoms with E-state index in [0.717, 1.165) is 67.3 Å². The van der Waals surface area contributed by atoms with Crippen LogP contribution in [0.1, 0.15) is 41.9 Å². The molecule has 0 amide bonds. The van der Waals surface area contributed by atoms with Crippen LogP contribution >= 0.6 is 11.3 Å². The summed E-state index contributed by atoms with van der Waals surface area (Å²) >= 11 is 1.50. The van der Waals surface area contributed by atoms with Crippen molar-refractivity contribution in [1.29, 1.82) is 0 Å². The van der Waals surface area contributed by atoms with E-state index in [-0.39, 0.29) is 12.5 Å². The first-order chi connectivity index (χ1) is 15.7. The second kappa shape index (κ2) is 9.68. The number of halogens is 2. The molecule has 1 aliphatic heterocycles. The number of thiazole rings is 1. The highest BCUT2D eigenvalue weighted by atomic mass is 32.2. The third kappa shape index (κ3) is 5.47. The Balaban J connectivity index is 1.35. The van der Waals surface area contributed by atoms with Crippen LogP contribution < -0.4 is 9.64 Å². The van der Waals surface area contributed by atoms with Crippen molar-refractivity contribution in [2.24, 2.45) is 0 Å². The van der Waals surface area contributed by atoms with E-state index in [1.807, 2.05) is 17.8 Å². The summed E-state index contributed by atoms with van der Waals surface area (Å²) in [5.74, 6) is -1.71. The van der Waals surface area contributed by atoms with Crippen LogP contribution in [-0.4, -0.2) is 42.7 Å². The summed E-state index contributed by atoms with van der Waals surface area (Å²) in [4.78, 5) is 15.2. The van der Waals surface area contributed by atoms with Crippen molar-refractivity contribution >= 4 is 27.1 Å². The van der Waals surface area contributed by atoms with Crippen LogP contribution in [0, 0.1) is 11.6 Å². The van der Waals surface area contributed by atoms with Gasteiger partial charge in [0.15, 0.2) is 27.2 Å². The van der Waals surface area contributed by atoms with Gasteiger partial charge in [-0.15, -0.1) is 11.3 Å². The predicted molar refractivity (Wildman–Crippen MR) is 122 cm³/mol. The number of benzene rings is 1. The number of aromatic nitrogens is 3. The second-order valence-corrected chi connectivity index (χ2v) is 10.9. The van der Waals surface area contributed by atoms with E-state index in [1.54, 1.807) is 0 Å². The zero-order valence-electron chi connectivity index (χ0n) is 18.3. The summed E-state index contributed by atoms with van der Waals surface area (Å²) in [6.45, 7) is 3.60. The number of hydrogen-bond donors (Lipinski definition) is 0. The Morgan fingerprint density at radius 1 is 1.15 bits per heavy atom. The summed E-state index contributed by atoms with van der Waals surface area (Å²) in [5.41, 5.74) is 1.68. The molecule has 0 bridgehead atoms. The number of ether oxygens (including phenoxy) is 1. The molecule has 1 saturated heterocycles. The molecule has 11 heteroatoms. The normalized spacial score (nSPS) is 15.1. The summed E-state index contributed by atoms with van der Waals surface area (Å²) in [6, 6.07) is 1.51. The van der Waals surface area contributed by atoms with Gasteiger partial charge in [0.1, 0.15) is 6.61 Å². The van der Waals surface area contributed by atoms with Crippen molar-refractivity contribution in [3.63, 3.8) is 0 Å². The molecule has 1 aromatic carbocycles. The molecule has 4 rings (SSSR count). The fraction of sp³-hybridized carbons (Fsp3) is 0.409. The summed E-state index contributed by atoms with van der Waals surface area (Å²) in [7, 11) is -3.72. The fourth-order valence-corrected chi connectivity index (χ4v) is 5.24. The number of rotatable bonds is 7. The number of sulfone groups is 1. The minimum absolute atomic E-state index is 0.112. The molecule has 2 aromatic heterocycles. The van der Waals surface area contributed by atoms with Gasteiger partial charge in [-0.05, 0) is 37.0 Å². The predicted octanol–water partition coefficient (Wildman–Crippen LogP) is 4.14. The third-order valence-corrected chi connectivity index (χ3v) is 7.71. The topological polar surface area (TPSA) is 85.3 Å². The summed E-state index contributed by atoms with van der Waals surface area (Å²) in [5, 5.41) is 2.78. The second-order valence-electron chi connectivity index (χ2n) is 7.96. The molecule has 1 fully saturated rings. The molecule has 33 heavy (non-hydrogen) atoms. The first-order valence-electron chi connectivity index (χ1n) is 10.6. The van der Waals surface area contributed by atoms with Crippen molar-refractivity contribution in [2.45, 2.75) is 43.6 Å². The Hall–Kier alpha value is -2.66. The van der Waals surface area contributed by atoms with Gasteiger partial charge < -0.3 is 9.64 Å². The molecule has 0 unspecified atom stereocenters. The molecule has 3 aromatic rings. The van der Waals surface area contributed by atoms with E-state index in [9.17, 15) is 17.2 Å². The van der Waals surface area contributed by atoms with Gasteiger partial charge in [-0.2, -0.15) is 0 Å². The lowest BCUT2D eigenvalue weighted by atomic mass is 9.98. The van der Waals surface area contributed by atoms with Crippen LogP contribution in [0.4, 0.5) is 14.7 Å². The number of anilines is 1. The molecule has 3 heterocycles. The highest BCUT2D eigenvalue weighted by Crippen LogP contribution is 2.32. The first-order valence-corrected chi connectivity index (χ1v) is 13.3. The maximum Gasteiger partial charge on any atom is 0.225 e. The van der Waals surface area contributed by atoms with E-state index in [2.05, 4.69) is 26.8 Å². The molecule has 7 nitrogen and oxygen atoms in total. The van der Waals surface area contributed by atoms with Gasteiger partial charge in [0, 0.05) is 43.0 Å². The number of nitrogens with zero attached hydrogens (tertiary/aromatic N) is 4. The van der Waals surface area contributed by atoms with Crippen LogP contribution in [0.3, 0.4) is 0 Å². The SMILES string of the molecule is CCc1cnc(N2CCC(c3nc(COc4c(F)cc(S(C)(=O)=O)cc4F)cs3)CC2)nc1. The van der Waals surface area contributed by atoms with Crippen molar-refractivity contribution in [3.8, 4) is 5.75 Å².